The normalized spacial score (nSPS) is 32.1. The summed E-state index contributed by atoms with van der Waals surface area (Å²) >= 11 is 1.80. The third-order valence-electron chi connectivity index (χ3n) is 3.76. The number of likely N-dealkylation sites (tertiary alicyclic amines) is 1. The molecule has 0 aromatic heterocycles. The summed E-state index contributed by atoms with van der Waals surface area (Å²) in [6.07, 6.45) is 4.30. The van der Waals surface area contributed by atoms with Gasteiger partial charge in [-0.05, 0) is 31.4 Å². The molecule has 0 aromatic rings. The van der Waals surface area contributed by atoms with Crippen LogP contribution in [-0.2, 0) is 9.53 Å². The van der Waals surface area contributed by atoms with Crippen LogP contribution in [0.4, 0.5) is 0 Å². The third kappa shape index (κ3) is 3.53. The molecule has 2 aliphatic heterocycles. The summed E-state index contributed by atoms with van der Waals surface area (Å²) in [5, 5.41) is 0.183. The van der Waals surface area contributed by atoms with Crippen LogP contribution in [0.5, 0.6) is 0 Å². The van der Waals surface area contributed by atoms with Gasteiger partial charge in [-0.1, -0.05) is 0 Å². The van der Waals surface area contributed by atoms with Crippen molar-refractivity contribution in [1.29, 1.82) is 0 Å². The molecule has 2 aliphatic rings. The number of nitrogens with two attached hydrogens (primary N) is 1. The summed E-state index contributed by atoms with van der Waals surface area (Å²) in [5.41, 5.74) is 5.79. The lowest BCUT2D eigenvalue weighted by molar-refractivity contribution is -0.136. The van der Waals surface area contributed by atoms with Crippen LogP contribution in [0, 0.1) is 0 Å². The Kier molecular flexibility index (Phi) is 6.77. The molecular weight excluding hydrogens is 272 g/mol. The number of carbonyl (C=O) groups excluding carboxylic acids is 1. The molecule has 2 heterocycles. The van der Waals surface area contributed by atoms with E-state index in [1.165, 1.54) is 6.42 Å². The molecule has 0 aromatic carbocycles. The van der Waals surface area contributed by atoms with E-state index in [0.717, 1.165) is 31.6 Å². The van der Waals surface area contributed by atoms with Crippen LogP contribution in [0.25, 0.3) is 0 Å². The van der Waals surface area contributed by atoms with Gasteiger partial charge in [-0.15, -0.1) is 24.2 Å². The van der Waals surface area contributed by atoms with Gasteiger partial charge in [0.15, 0.2) is 0 Å². The molecule has 0 saturated carbocycles. The van der Waals surface area contributed by atoms with Crippen LogP contribution in [0.2, 0.25) is 0 Å². The number of ether oxygens (including phenoxy) is 1. The minimum atomic E-state index is 0. The van der Waals surface area contributed by atoms with Crippen LogP contribution in [0.1, 0.15) is 25.7 Å². The molecule has 3 unspecified atom stereocenters. The zero-order valence-corrected chi connectivity index (χ0v) is 12.5. The number of thioether (sulfide) groups is 1. The fourth-order valence-corrected chi connectivity index (χ4v) is 3.93. The van der Waals surface area contributed by atoms with E-state index in [2.05, 4.69) is 0 Å². The molecule has 2 N–H and O–H groups in total. The van der Waals surface area contributed by atoms with Crippen LogP contribution in [0.3, 0.4) is 0 Å². The fraction of sp³-hybridized carbons (Fsp3) is 0.917. The lowest BCUT2D eigenvalue weighted by Crippen LogP contribution is -2.53. The van der Waals surface area contributed by atoms with Gasteiger partial charge in [-0.25, -0.2) is 0 Å². The number of rotatable bonds is 3. The summed E-state index contributed by atoms with van der Waals surface area (Å²) in [4.78, 5) is 14.4. The predicted molar refractivity (Wildman–Crippen MR) is 77.3 cm³/mol. The molecule has 1 amide bonds. The highest BCUT2D eigenvalue weighted by atomic mass is 35.5. The molecular formula is C12H23ClN2O2S. The second-order valence-corrected chi connectivity index (χ2v) is 6.12. The lowest BCUT2D eigenvalue weighted by Gasteiger charge is -2.39. The molecule has 2 fully saturated rings. The number of piperidine rings is 1. The number of hydrogen-bond acceptors (Lipinski definition) is 4. The molecule has 6 heteroatoms. The van der Waals surface area contributed by atoms with Gasteiger partial charge in [0, 0.05) is 26.2 Å². The van der Waals surface area contributed by atoms with E-state index < -0.39 is 0 Å². The number of methoxy groups -OCH3 is 1. The summed E-state index contributed by atoms with van der Waals surface area (Å²) in [5.74, 6) is 1.43. The first-order chi connectivity index (χ1) is 8.26. The minimum absolute atomic E-state index is 0. The lowest BCUT2D eigenvalue weighted by atomic mass is 9.98. The van der Waals surface area contributed by atoms with Crippen LogP contribution < -0.4 is 5.73 Å². The van der Waals surface area contributed by atoms with Crippen molar-refractivity contribution >= 4 is 30.1 Å². The number of hydrogen-bond donors (Lipinski definition) is 1. The van der Waals surface area contributed by atoms with Crippen LogP contribution in [-0.4, -0.2) is 54.2 Å². The predicted octanol–water partition coefficient (Wildman–Crippen LogP) is 1.27. The van der Waals surface area contributed by atoms with Gasteiger partial charge in [0.1, 0.15) is 0 Å². The second kappa shape index (κ2) is 7.58. The molecule has 2 rings (SSSR count). The van der Waals surface area contributed by atoms with Gasteiger partial charge >= 0.3 is 0 Å². The van der Waals surface area contributed by atoms with E-state index >= 15 is 0 Å². The van der Waals surface area contributed by atoms with E-state index in [9.17, 15) is 4.79 Å². The maximum absolute atomic E-state index is 12.4. The smallest absolute Gasteiger partial charge is 0.235 e. The Hall–Kier alpha value is 0.0300. The Morgan fingerprint density at radius 1 is 1.50 bits per heavy atom. The summed E-state index contributed by atoms with van der Waals surface area (Å²) in [7, 11) is 1.74. The SMILES string of the molecule is COC1CCN(C(=O)C2CCCS2)C(CN)C1.Cl. The highest BCUT2D eigenvalue weighted by molar-refractivity contribution is 8.00. The maximum atomic E-state index is 12.4. The first-order valence-electron chi connectivity index (χ1n) is 6.41. The highest BCUT2D eigenvalue weighted by Crippen LogP contribution is 2.30. The standard InChI is InChI=1S/C12H22N2O2S.ClH/c1-16-10-4-5-14(9(7-10)8-13)12(15)11-3-2-6-17-11;/h9-11H,2-8,13H2,1H3;1H. The Labute approximate surface area is 119 Å². The van der Waals surface area contributed by atoms with E-state index in [0.29, 0.717) is 12.5 Å². The van der Waals surface area contributed by atoms with Gasteiger partial charge in [0.2, 0.25) is 5.91 Å². The molecule has 18 heavy (non-hydrogen) atoms. The van der Waals surface area contributed by atoms with Crippen molar-refractivity contribution in [3.05, 3.63) is 0 Å². The van der Waals surface area contributed by atoms with Crippen molar-refractivity contribution in [2.45, 2.75) is 43.1 Å². The van der Waals surface area contributed by atoms with E-state index in [1.807, 2.05) is 4.90 Å². The average molecular weight is 295 g/mol. The van der Waals surface area contributed by atoms with Crippen molar-refractivity contribution in [1.82, 2.24) is 4.90 Å². The van der Waals surface area contributed by atoms with Crippen molar-refractivity contribution in [3.63, 3.8) is 0 Å². The maximum Gasteiger partial charge on any atom is 0.235 e. The third-order valence-corrected chi connectivity index (χ3v) is 5.13. The quantitative estimate of drug-likeness (QED) is 0.852. The summed E-state index contributed by atoms with van der Waals surface area (Å²) < 4.78 is 5.38. The number of halogens is 1. The number of carbonyl (C=O) groups is 1. The van der Waals surface area contributed by atoms with Crippen molar-refractivity contribution in [2.75, 3.05) is 26.0 Å². The second-order valence-electron chi connectivity index (χ2n) is 4.80. The van der Waals surface area contributed by atoms with Crippen molar-refractivity contribution in [2.24, 2.45) is 5.73 Å². The molecule has 2 saturated heterocycles. The van der Waals surface area contributed by atoms with Crippen LogP contribution in [0.15, 0.2) is 0 Å². The average Bonchev–Trinajstić information content (AvgIpc) is 2.91. The molecule has 3 atom stereocenters. The fourth-order valence-electron chi connectivity index (χ4n) is 2.70. The molecule has 106 valence electrons. The van der Waals surface area contributed by atoms with Gasteiger partial charge in [0.25, 0.3) is 0 Å². The Morgan fingerprint density at radius 3 is 2.83 bits per heavy atom. The molecule has 0 bridgehead atoms. The van der Waals surface area contributed by atoms with E-state index in [-0.39, 0.29) is 29.8 Å². The molecule has 4 nitrogen and oxygen atoms in total. The zero-order valence-electron chi connectivity index (χ0n) is 10.8. The van der Waals surface area contributed by atoms with Crippen molar-refractivity contribution < 1.29 is 9.53 Å². The van der Waals surface area contributed by atoms with E-state index in [4.69, 9.17) is 10.5 Å². The first-order valence-corrected chi connectivity index (χ1v) is 7.46. The number of nitrogens with zero attached hydrogens (tertiary/aromatic N) is 1. The summed E-state index contributed by atoms with van der Waals surface area (Å²) in [6, 6.07) is 0.169. The Morgan fingerprint density at radius 2 is 2.28 bits per heavy atom. The van der Waals surface area contributed by atoms with Crippen molar-refractivity contribution in [3.8, 4) is 0 Å². The monoisotopic (exact) mass is 294 g/mol. The highest BCUT2D eigenvalue weighted by Gasteiger charge is 2.35. The minimum Gasteiger partial charge on any atom is -0.381 e. The van der Waals surface area contributed by atoms with Gasteiger partial charge in [-0.2, -0.15) is 0 Å². The molecule has 0 aliphatic carbocycles. The summed E-state index contributed by atoms with van der Waals surface area (Å²) in [6.45, 7) is 1.35. The Balaban J connectivity index is 0.00000162. The number of amides is 1. The van der Waals surface area contributed by atoms with E-state index in [1.54, 1.807) is 18.9 Å². The largest absolute Gasteiger partial charge is 0.381 e. The zero-order chi connectivity index (χ0) is 12.3. The Bertz CT molecular complexity index is 275. The topological polar surface area (TPSA) is 55.6 Å². The van der Waals surface area contributed by atoms with Gasteiger partial charge in [0.05, 0.1) is 11.4 Å². The molecule has 0 spiro atoms. The van der Waals surface area contributed by atoms with Crippen LogP contribution >= 0.6 is 24.2 Å². The van der Waals surface area contributed by atoms with Gasteiger partial charge < -0.3 is 15.4 Å². The first kappa shape index (κ1) is 16.1. The van der Waals surface area contributed by atoms with Gasteiger partial charge in [-0.3, -0.25) is 4.79 Å². The molecule has 0 radical (unpaired) electrons.